The summed E-state index contributed by atoms with van der Waals surface area (Å²) in [5.74, 6) is 1.49. The molecule has 2 fully saturated rings. The lowest BCUT2D eigenvalue weighted by Crippen LogP contribution is -2.68. The maximum atomic E-state index is 13.6. The van der Waals surface area contributed by atoms with Gasteiger partial charge in [0.15, 0.2) is 11.5 Å². The predicted octanol–water partition coefficient (Wildman–Crippen LogP) is 5.32. The zero-order valence-corrected chi connectivity index (χ0v) is 24.7. The summed E-state index contributed by atoms with van der Waals surface area (Å²) in [5.41, 5.74) is 1.63. The van der Waals surface area contributed by atoms with Crippen molar-refractivity contribution < 1.29 is 37.0 Å². The van der Waals surface area contributed by atoms with Crippen molar-refractivity contribution in [1.82, 2.24) is 9.80 Å². The Balaban J connectivity index is 1.31. The third-order valence-corrected chi connectivity index (χ3v) is 10.1. The van der Waals surface area contributed by atoms with E-state index in [0.29, 0.717) is 29.2 Å². The number of halogens is 3. The van der Waals surface area contributed by atoms with E-state index < -0.39 is 17.7 Å². The predicted molar refractivity (Wildman–Crippen MR) is 153 cm³/mol. The van der Waals surface area contributed by atoms with Crippen molar-refractivity contribution in [2.45, 2.75) is 75.2 Å². The summed E-state index contributed by atoms with van der Waals surface area (Å²) >= 11 is 0. The van der Waals surface area contributed by atoms with Crippen LogP contribution in [0.1, 0.15) is 54.9 Å². The molecule has 1 saturated carbocycles. The van der Waals surface area contributed by atoms with Gasteiger partial charge in [0.1, 0.15) is 11.9 Å². The Kier molecular flexibility index (Phi) is 7.47. The van der Waals surface area contributed by atoms with Crippen LogP contribution in [0.2, 0.25) is 0 Å². The number of carbonyl (C=O) groups is 2. The van der Waals surface area contributed by atoms with Gasteiger partial charge < -0.3 is 19.1 Å². The molecule has 0 N–H and O–H groups in total. The molecule has 0 aromatic heterocycles. The van der Waals surface area contributed by atoms with Crippen molar-refractivity contribution >= 4 is 11.9 Å². The van der Waals surface area contributed by atoms with Crippen LogP contribution in [0, 0.1) is 5.92 Å². The van der Waals surface area contributed by atoms with Gasteiger partial charge in [-0.1, -0.05) is 18.2 Å². The number of hydrogen-bond donors (Lipinski definition) is 0. The van der Waals surface area contributed by atoms with Gasteiger partial charge in [-0.05, 0) is 62.3 Å². The molecule has 0 unspecified atom stereocenters. The Hall–Kier alpha value is -3.53. The van der Waals surface area contributed by atoms with Crippen molar-refractivity contribution in [3.8, 4) is 17.2 Å². The van der Waals surface area contributed by atoms with Gasteiger partial charge in [-0.2, -0.15) is 13.2 Å². The number of hydrogen-bond acceptors (Lipinski definition) is 6. The van der Waals surface area contributed by atoms with Gasteiger partial charge in [-0.15, -0.1) is 6.58 Å². The number of amides is 1. The maximum absolute atomic E-state index is 13.6. The fourth-order valence-corrected chi connectivity index (χ4v) is 8.30. The number of piperidine rings is 1. The third-order valence-electron chi connectivity index (χ3n) is 10.1. The summed E-state index contributed by atoms with van der Waals surface area (Å²) in [6, 6.07) is 6.73. The van der Waals surface area contributed by atoms with Crippen LogP contribution in [-0.2, 0) is 34.0 Å². The van der Waals surface area contributed by atoms with Gasteiger partial charge in [-0.3, -0.25) is 14.5 Å². The van der Waals surface area contributed by atoms with Crippen LogP contribution in [0.25, 0.3) is 0 Å². The zero-order valence-electron chi connectivity index (χ0n) is 24.7. The second-order valence-corrected chi connectivity index (χ2v) is 12.2. The molecule has 4 aliphatic rings. The number of likely N-dealkylation sites (N-methyl/N-ethyl adjacent to an activating group) is 1. The first-order valence-corrected chi connectivity index (χ1v) is 14.9. The smallest absolute Gasteiger partial charge is 0.416 e. The van der Waals surface area contributed by atoms with E-state index in [1.807, 2.05) is 6.08 Å². The molecule has 5 atom stereocenters. The van der Waals surface area contributed by atoms with Crippen molar-refractivity contribution in [3.63, 3.8) is 0 Å². The Labute approximate surface area is 249 Å². The number of ether oxygens (including phenoxy) is 3. The molecule has 2 bridgehead atoms. The highest BCUT2D eigenvalue weighted by Crippen LogP contribution is 2.65. The number of carbonyl (C=O) groups excluding carboxylic acids is 2. The first kappa shape index (κ1) is 29.5. The van der Waals surface area contributed by atoms with Gasteiger partial charge in [0.2, 0.25) is 5.91 Å². The van der Waals surface area contributed by atoms with Gasteiger partial charge in [0.05, 0.1) is 18.7 Å². The standard InChI is InChI=1S/C33H37F3N2O5/c1-5-15-38-16-14-32-23-11-12-24(37(3)28(40)13-8-20-6-9-21(10-7-20)33(34,35)36)31(32)43-30-27(41-4)18-26(42-19(2)39)22(29(30)32)17-25(23)38/h5-7,9-10,18,23-25,31H,1,8,11-17H2,2-4H3/t23-,24+,25+,31-,32-/m0/s1. The summed E-state index contributed by atoms with van der Waals surface area (Å²) in [6.45, 7) is 6.98. The second-order valence-electron chi connectivity index (χ2n) is 12.2. The summed E-state index contributed by atoms with van der Waals surface area (Å²) in [6.07, 6.45) is 0.950. The molecule has 10 heteroatoms. The Morgan fingerprint density at radius 3 is 2.60 bits per heavy atom. The van der Waals surface area contributed by atoms with Crippen LogP contribution in [0.3, 0.4) is 0 Å². The molecule has 230 valence electrons. The number of rotatable bonds is 8. The first-order chi connectivity index (χ1) is 20.5. The van der Waals surface area contributed by atoms with Gasteiger partial charge in [-0.25, -0.2) is 0 Å². The minimum Gasteiger partial charge on any atom is -0.493 e. The number of esters is 1. The summed E-state index contributed by atoms with van der Waals surface area (Å²) in [5, 5.41) is 0. The molecule has 2 aliphatic carbocycles. The number of methoxy groups -OCH3 is 1. The van der Waals surface area contributed by atoms with Crippen molar-refractivity contribution in [1.29, 1.82) is 0 Å². The highest BCUT2D eigenvalue weighted by atomic mass is 19.4. The molecule has 2 aliphatic heterocycles. The monoisotopic (exact) mass is 598 g/mol. The highest BCUT2D eigenvalue weighted by molar-refractivity contribution is 5.77. The van der Waals surface area contributed by atoms with Crippen LogP contribution < -0.4 is 14.2 Å². The quantitative estimate of drug-likeness (QED) is 0.233. The van der Waals surface area contributed by atoms with E-state index in [-0.39, 0.29) is 41.8 Å². The molecule has 2 aromatic carbocycles. The lowest BCUT2D eigenvalue weighted by atomic mass is 9.50. The van der Waals surface area contributed by atoms with Crippen molar-refractivity contribution in [2.24, 2.45) is 5.92 Å². The van der Waals surface area contributed by atoms with E-state index in [0.717, 1.165) is 62.0 Å². The number of alkyl halides is 3. The van der Waals surface area contributed by atoms with E-state index in [1.165, 1.54) is 19.1 Å². The Bertz CT molecular complexity index is 1440. The van der Waals surface area contributed by atoms with E-state index in [4.69, 9.17) is 14.2 Å². The van der Waals surface area contributed by atoms with E-state index in [9.17, 15) is 22.8 Å². The van der Waals surface area contributed by atoms with Crippen LogP contribution in [0.5, 0.6) is 17.2 Å². The molecule has 43 heavy (non-hydrogen) atoms. The van der Waals surface area contributed by atoms with Crippen molar-refractivity contribution in [2.75, 3.05) is 27.2 Å². The number of nitrogens with zero attached hydrogens (tertiary/aromatic N) is 2. The largest absolute Gasteiger partial charge is 0.493 e. The lowest BCUT2D eigenvalue weighted by molar-refractivity contribution is -0.140. The van der Waals surface area contributed by atoms with Crippen LogP contribution >= 0.6 is 0 Å². The molecule has 7 nitrogen and oxygen atoms in total. The number of benzene rings is 2. The molecule has 0 radical (unpaired) electrons. The minimum absolute atomic E-state index is 0.0800. The highest BCUT2D eigenvalue weighted by Gasteiger charge is 2.67. The molecule has 6 rings (SSSR count). The first-order valence-electron chi connectivity index (χ1n) is 14.9. The summed E-state index contributed by atoms with van der Waals surface area (Å²) in [7, 11) is 3.38. The average Bonchev–Trinajstić information content (AvgIpc) is 3.31. The normalized spacial score (nSPS) is 27.1. The molecule has 1 saturated heterocycles. The maximum Gasteiger partial charge on any atom is 0.416 e. The Morgan fingerprint density at radius 1 is 1.21 bits per heavy atom. The van der Waals surface area contributed by atoms with E-state index in [1.54, 1.807) is 25.1 Å². The minimum atomic E-state index is -4.40. The fraction of sp³-hybridized carbons (Fsp3) is 0.515. The summed E-state index contributed by atoms with van der Waals surface area (Å²) in [4.78, 5) is 29.9. The molecule has 2 heterocycles. The van der Waals surface area contributed by atoms with Crippen LogP contribution in [0.15, 0.2) is 43.0 Å². The SMILES string of the molecule is C=CCN1CC[C@]23c4c5c(OC(C)=O)cc(OC)c4O[C@H]2[C@H](N(C)C(=O)CCc2ccc(C(F)(F)F)cc2)CC[C@H]3[C@H]1C5. The molecule has 1 amide bonds. The molecule has 2 aromatic rings. The molecular weight excluding hydrogens is 561 g/mol. The van der Waals surface area contributed by atoms with Gasteiger partial charge in [0.25, 0.3) is 0 Å². The van der Waals surface area contributed by atoms with Gasteiger partial charge in [0, 0.05) is 55.6 Å². The number of likely N-dealkylation sites (tertiary alicyclic amines) is 1. The van der Waals surface area contributed by atoms with Crippen molar-refractivity contribution in [3.05, 3.63) is 65.2 Å². The van der Waals surface area contributed by atoms with Crippen LogP contribution in [-0.4, -0.2) is 67.1 Å². The van der Waals surface area contributed by atoms with E-state index in [2.05, 4.69) is 11.5 Å². The topological polar surface area (TPSA) is 68.3 Å². The second kappa shape index (κ2) is 10.9. The Morgan fingerprint density at radius 2 is 1.95 bits per heavy atom. The lowest BCUT2D eigenvalue weighted by Gasteiger charge is -2.60. The average molecular weight is 599 g/mol. The van der Waals surface area contributed by atoms with E-state index >= 15 is 0 Å². The van der Waals surface area contributed by atoms with Crippen LogP contribution in [0.4, 0.5) is 13.2 Å². The fourth-order valence-electron chi connectivity index (χ4n) is 8.30. The molecule has 1 spiro atoms. The number of aryl methyl sites for hydroxylation is 1. The third kappa shape index (κ3) is 4.78. The molecular formula is C33H37F3N2O5. The zero-order chi connectivity index (χ0) is 30.7. The van der Waals surface area contributed by atoms with Gasteiger partial charge >= 0.3 is 12.1 Å². The summed E-state index contributed by atoms with van der Waals surface area (Å²) < 4.78 is 57.3.